The van der Waals surface area contributed by atoms with Crippen LogP contribution in [0.4, 0.5) is 5.69 Å². The molecule has 0 radical (unpaired) electrons. The van der Waals surface area contributed by atoms with E-state index in [1.165, 1.54) is 4.90 Å². The highest BCUT2D eigenvalue weighted by Gasteiger charge is 2.78. The summed E-state index contributed by atoms with van der Waals surface area (Å²) in [6, 6.07) is 5.82. The van der Waals surface area contributed by atoms with Gasteiger partial charge in [-0.1, -0.05) is 35.9 Å². The number of nitrogens with zero attached hydrogens (tertiary/aromatic N) is 2. The number of esters is 1. The highest BCUT2D eigenvalue weighted by molar-refractivity contribution is 6.30. The number of anilines is 1. The van der Waals surface area contributed by atoms with Crippen LogP contribution in [-0.2, 0) is 23.9 Å². The van der Waals surface area contributed by atoms with Crippen molar-refractivity contribution in [2.45, 2.75) is 50.5 Å². The SMILES string of the molecule is CC1CC/C=C\[C@H]2OC34C=CCN(c5ccc(Cl)cc5)C(=O)[C@H]3N(CCO)C(=O)[C@]4(C)C2C(=O)O1. The first-order chi connectivity index (χ1) is 16.7. The largest absolute Gasteiger partial charge is 0.462 e. The van der Waals surface area contributed by atoms with Crippen LogP contribution in [0, 0.1) is 11.3 Å². The number of carbonyl (C=O) groups is 3. The minimum Gasteiger partial charge on any atom is -0.462 e. The van der Waals surface area contributed by atoms with Gasteiger partial charge in [-0.2, -0.15) is 0 Å². The molecule has 2 amide bonds. The summed E-state index contributed by atoms with van der Waals surface area (Å²) in [5.74, 6) is -2.19. The lowest BCUT2D eigenvalue weighted by atomic mass is 9.65. The number of hydrogen-bond acceptors (Lipinski definition) is 6. The number of β-amino-alcohol motifs (C(OH)–C–C–N with tert-alkyl or cyclic N) is 1. The summed E-state index contributed by atoms with van der Waals surface area (Å²) in [5, 5.41) is 10.3. The Bertz CT molecular complexity index is 1100. The van der Waals surface area contributed by atoms with Crippen molar-refractivity contribution in [1.29, 1.82) is 0 Å². The minimum atomic E-state index is -1.40. The predicted octanol–water partition coefficient (Wildman–Crippen LogP) is 2.49. The fraction of sp³-hybridized carbons (Fsp3) is 0.500. The van der Waals surface area contributed by atoms with Crippen LogP contribution in [0.3, 0.4) is 0 Å². The van der Waals surface area contributed by atoms with E-state index in [1.807, 2.05) is 25.2 Å². The second kappa shape index (κ2) is 8.76. The predicted molar refractivity (Wildman–Crippen MR) is 129 cm³/mol. The smallest absolute Gasteiger partial charge is 0.313 e. The van der Waals surface area contributed by atoms with Gasteiger partial charge in [-0.3, -0.25) is 14.4 Å². The molecule has 0 bridgehead atoms. The molecule has 6 atom stereocenters. The Morgan fingerprint density at radius 2 is 1.91 bits per heavy atom. The molecule has 1 aromatic rings. The molecular weight excluding hydrogens is 472 g/mol. The third-order valence-electron chi connectivity index (χ3n) is 7.79. The van der Waals surface area contributed by atoms with Gasteiger partial charge in [0.15, 0.2) is 0 Å². The van der Waals surface area contributed by atoms with Crippen LogP contribution in [0.2, 0.25) is 5.02 Å². The first-order valence-electron chi connectivity index (χ1n) is 12.0. The fourth-order valence-corrected chi connectivity index (χ4v) is 6.20. The molecule has 4 aliphatic heterocycles. The summed E-state index contributed by atoms with van der Waals surface area (Å²) in [7, 11) is 0. The van der Waals surface area contributed by atoms with E-state index in [0.717, 1.165) is 0 Å². The van der Waals surface area contributed by atoms with Crippen LogP contribution < -0.4 is 4.90 Å². The van der Waals surface area contributed by atoms with Crippen LogP contribution in [0.15, 0.2) is 48.6 Å². The van der Waals surface area contributed by atoms with E-state index in [4.69, 9.17) is 21.1 Å². The normalized spacial score (nSPS) is 37.5. The Morgan fingerprint density at radius 1 is 1.17 bits per heavy atom. The van der Waals surface area contributed by atoms with Crippen LogP contribution in [0.1, 0.15) is 26.7 Å². The number of ether oxygens (including phenoxy) is 2. The molecule has 186 valence electrons. The van der Waals surface area contributed by atoms with Gasteiger partial charge >= 0.3 is 5.97 Å². The number of aliphatic hydroxyl groups is 1. The van der Waals surface area contributed by atoms with Gasteiger partial charge in [-0.15, -0.1) is 0 Å². The molecule has 1 N–H and O–H groups in total. The fourth-order valence-electron chi connectivity index (χ4n) is 6.08. The maximum Gasteiger partial charge on any atom is 0.313 e. The van der Waals surface area contributed by atoms with E-state index in [1.54, 1.807) is 42.2 Å². The Labute approximate surface area is 209 Å². The van der Waals surface area contributed by atoms with Crippen molar-refractivity contribution in [2.24, 2.45) is 11.3 Å². The van der Waals surface area contributed by atoms with Crippen molar-refractivity contribution < 1.29 is 29.0 Å². The van der Waals surface area contributed by atoms with E-state index < -0.39 is 41.0 Å². The lowest BCUT2D eigenvalue weighted by Crippen LogP contribution is -2.57. The van der Waals surface area contributed by atoms with Crippen molar-refractivity contribution in [3.8, 4) is 0 Å². The van der Waals surface area contributed by atoms with E-state index in [9.17, 15) is 19.5 Å². The maximum absolute atomic E-state index is 14.1. The zero-order valence-electron chi connectivity index (χ0n) is 19.7. The molecule has 35 heavy (non-hydrogen) atoms. The van der Waals surface area contributed by atoms with Crippen molar-refractivity contribution in [1.82, 2.24) is 4.90 Å². The summed E-state index contributed by atoms with van der Waals surface area (Å²) in [6.45, 7) is 3.39. The molecule has 1 aromatic carbocycles. The molecule has 2 fully saturated rings. The first kappa shape index (κ1) is 24.0. The molecule has 2 saturated heterocycles. The molecule has 9 heteroatoms. The van der Waals surface area contributed by atoms with Crippen molar-refractivity contribution in [3.63, 3.8) is 0 Å². The third kappa shape index (κ3) is 3.45. The lowest BCUT2D eigenvalue weighted by molar-refractivity contribution is -0.161. The van der Waals surface area contributed by atoms with Crippen molar-refractivity contribution in [2.75, 3.05) is 24.6 Å². The van der Waals surface area contributed by atoms with Crippen LogP contribution in [0.25, 0.3) is 0 Å². The van der Waals surface area contributed by atoms with Gasteiger partial charge < -0.3 is 24.4 Å². The van der Waals surface area contributed by atoms with Crippen molar-refractivity contribution >= 4 is 35.1 Å². The number of fused-ring (bicyclic) bond motifs is 2. The van der Waals surface area contributed by atoms with Gasteiger partial charge in [0.05, 0.1) is 24.2 Å². The van der Waals surface area contributed by atoms with E-state index >= 15 is 0 Å². The summed E-state index contributed by atoms with van der Waals surface area (Å²) in [6.07, 6.45) is 7.70. The molecule has 0 aromatic heterocycles. The number of hydrogen-bond donors (Lipinski definition) is 1. The molecular formula is C26H29ClN2O6. The Hall–Kier alpha value is -2.68. The molecule has 0 aliphatic carbocycles. The number of halogens is 1. The number of rotatable bonds is 3. The second-order valence-corrected chi connectivity index (χ2v) is 10.2. The molecule has 5 rings (SSSR count). The molecule has 4 heterocycles. The van der Waals surface area contributed by atoms with E-state index in [-0.39, 0.29) is 31.7 Å². The lowest BCUT2D eigenvalue weighted by Gasteiger charge is -2.37. The molecule has 3 unspecified atom stereocenters. The van der Waals surface area contributed by atoms with Gasteiger partial charge in [0.25, 0.3) is 5.91 Å². The number of benzene rings is 1. The summed E-state index contributed by atoms with van der Waals surface area (Å²) in [4.78, 5) is 44.5. The molecule has 0 saturated carbocycles. The quantitative estimate of drug-likeness (QED) is 0.506. The van der Waals surface area contributed by atoms with Gasteiger partial charge in [0, 0.05) is 23.8 Å². The second-order valence-electron chi connectivity index (χ2n) is 9.76. The number of amides is 2. The summed E-state index contributed by atoms with van der Waals surface area (Å²) in [5.41, 5.74) is -2.18. The number of cyclic esters (lactones) is 1. The first-order valence-corrected chi connectivity index (χ1v) is 12.3. The van der Waals surface area contributed by atoms with Crippen LogP contribution >= 0.6 is 11.6 Å². The zero-order valence-corrected chi connectivity index (χ0v) is 20.5. The van der Waals surface area contributed by atoms with Crippen molar-refractivity contribution in [3.05, 3.63) is 53.6 Å². The molecule has 1 spiro atoms. The van der Waals surface area contributed by atoms with Gasteiger partial charge in [-0.25, -0.2) is 0 Å². The average Bonchev–Trinajstić information content (AvgIpc) is 3.12. The Morgan fingerprint density at radius 3 is 2.63 bits per heavy atom. The highest BCUT2D eigenvalue weighted by atomic mass is 35.5. The maximum atomic E-state index is 14.1. The summed E-state index contributed by atoms with van der Waals surface area (Å²) >= 11 is 6.05. The monoisotopic (exact) mass is 500 g/mol. The van der Waals surface area contributed by atoms with Gasteiger partial charge in [0.1, 0.15) is 17.6 Å². The summed E-state index contributed by atoms with van der Waals surface area (Å²) < 4.78 is 12.3. The average molecular weight is 501 g/mol. The topological polar surface area (TPSA) is 96.4 Å². The standard InChI is InChI=1S/C26H29ClN2O6/c1-16-6-3-4-7-19-20(23(32)34-16)25(2)24(33)29(14-15-30)21-22(31)28(13-5-12-26(21,25)35-19)18-10-8-17(27)9-11-18/h4-5,7-12,16,19-21,30H,3,6,13-15H2,1-2H3/b7-4-/t16?,19-,20?,21-,25+,26?/m1/s1. The van der Waals surface area contributed by atoms with Crippen LogP contribution in [0.5, 0.6) is 0 Å². The minimum absolute atomic E-state index is 0.0586. The molecule has 4 aliphatic rings. The third-order valence-corrected chi connectivity index (χ3v) is 8.04. The van der Waals surface area contributed by atoms with Gasteiger partial charge in [0.2, 0.25) is 5.91 Å². The molecule has 8 nitrogen and oxygen atoms in total. The number of likely N-dealkylation sites (tertiary alicyclic amines) is 1. The number of aliphatic hydroxyl groups excluding tert-OH is 1. The van der Waals surface area contributed by atoms with Gasteiger partial charge in [-0.05, 0) is 51.0 Å². The Kier molecular flexibility index (Phi) is 6.02. The van der Waals surface area contributed by atoms with Crippen LogP contribution in [-0.4, -0.2) is 71.3 Å². The van der Waals surface area contributed by atoms with E-state index in [2.05, 4.69) is 0 Å². The highest BCUT2D eigenvalue weighted by Crippen LogP contribution is 2.61. The Balaban J connectivity index is 1.65. The number of allylic oxidation sites excluding steroid dienone is 1. The number of carbonyl (C=O) groups excluding carboxylic acids is 3. The zero-order chi connectivity index (χ0) is 25.0. The van der Waals surface area contributed by atoms with E-state index in [0.29, 0.717) is 23.6 Å².